The van der Waals surface area contributed by atoms with Crippen LogP contribution in [0.3, 0.4) is 0 Å². The second-order valence-corrected chi connectivity index (χ2v) is 15.9. The number of rotatable bonds is 15. The zero-order chi connectivity index (χ0) is 43.6. The van der Waals surface area contributed by atoms with Gasteiger partial charge in [-0.3, -0.25) is 19.2 Å². The molecule has 0 bridgehead atoms. The lowest BCUT2D eigenvalue weighted by Crippen LogP contribution is -2.62. The van der Waals surface area contributed by atoms with Gasteiger partial charge in [-0.15, -0.1) is 5.10 Å². The van der Waals surface area contributed by atoms with E-state index in [4.69, 9.17) is 45.4 Å². The second-order valence-electron chi connectivity index (χ2n) is 14.4. The van der Waals surface area contributed by atoms with Crippen LogP contribution in [0.1, 0.15) is 74.7 Å². The van der Waals surface area contributed by atoms with Crippen LogP contribution in [0.25, 0.3) is 0 Å². The number of benzene rings is 3. The Morgan fingerprint density at radius 1 is 0.770 bits per heavy atom. The number of aliphatic hydroxyl groups excluding tert-OH is 1. The zero-order valence-corrected chi connectivity index (χ0v) is 35.7. The van der Waals surface area contributed by atoms with Gasteiger partial charge in [0.05, 0.1) is 23.8 Å². The minimum Gasteiger partial charge on any atom is -0.463 e. The van der Waals surface area contributed by atoms with Crippen LogP contribution in [-0.4, -0.2) is 103 Å². The maximum Gasteiger partial charge on any atom is 0.303 e. The van der Waals surface area contributed by atoms with E-state index in [-0.39, 0.29) is 30.5 Å². The maximum absolute atomic E-state index is 12.4. The Morgan fingerprint density at radius 3 is 2.05 bits per heavy atom. The number of aliphatic hydroxyl groups is 1. The first-order valence-corrected chi connectivity index (χ1v) is 20.8. The van der Waals surface area contributed by atoms with Gasteiger partial charge in [0.2, 0.25) is 5.16 Å². The summed E-state index contributed by atoms with van der Waals surface area (Å²) < 4.78 is 43.5. The van der Waals surface area contributed by atoms with E-state index in [1.807, 2.05) is 72.8 Å². The van der Waals surface area contributed by atoms with Crippen molar-refractivity contribution in [3.05, 3.63) is 101 Å². The van der Waals surface area contributed by atoms with Crippen LogP contribution in [0.15, 0.2) is 84.0 Å². The van der Waals surface area contributed by atoms with E-state index in [1.54, 1.807) is 17.8 Å². The lowest BCUT2D eigenvalue weighted by molar-refractivity contribution is -0.255. The number of hydrogen-bond acceptors (Lipinski definition) is 17. The van der Waals surface area contributed by atoms with Crippen molar-refractivity contribution in [3.63, 3.8) is 0 Å². The highest BCUT2D eigenvalue weighted by molar-refractivity contribution is 7.99. The molecule has 9 atom stereocenters. The fraction of sp³-hybridized carbons (Fsp3) is 0.429. The molecule has 2 fully saturated rings. The molecule has 17 nitrogen and oxygen atoms in total. The van der Waals surface area contributed by atoms with E-state index in [2.05, 4.69) is 20.8 Å². The van der Waals surface area contributed by atoms with E-state index in [0.29, 0.717) is 22.2 Å². The van der Waals surface area contributed by atoms with E-state index >= 15 is 0 Å². The van der Waals surface area contributed by atoms with Gasteiger partial charge in [-0.05, 0) is 39.2 Å². The molecule has 2 saturated heterocycles. The molecule has 3 aromatic carbocycles. The standard InChI is InChI=1S/C42H47N5O12S2/c1-23(49)53-21-33-39(55-25(3)51)40(56-26(4)52)38(54-24(2)50)32(57-33)19-35(60)43-31-13-9-12-30(18-31)41-58-34(22-61-42-44-45-46-47(42)5)36(28-10-7-6-8-11-28)37(59-41)29-16-14-27(20-48)15-17-29/h6-18,32-34,36-41,48H,19-22H2,1-5H3,(H,43,60). The zero-order valence-electron chi connectivity index (χ0n) is 34.1. The fourth-order valence-electron chi connectivity index (χ4n) is 7.29. The number of hydrogen-bond donors (Lipinski definition) is 2. The molecule has 324 valence electrons. The summed E-state index contributed by atoms with van der Waals surface area (Å²) in [6.07, 6.45) is -7.79. The normalized spacial score (nSPS) is 24.9. The first kappa shape index (κ1) is 45.2. The predicted molar refractivity (Wildman–Crippen MR) is 222 cm³/mol. The monoisotopic (exact) mass is 877 g/mol. The van der Waals surface area contributed by atoms with E-state index < -0.39 is 72.9 Å². The highest BCUT2D eigenvalue weighted by Crippen LogP contribution is 2.48. The van der Waals surface area contributed by atoms with Gasteiger partial charge in [-0.25, -0.2) is 4.68 Å². The van der Waals surface area contributed by atoms with Crippen LogP contribution in [-0.2, 0) is 66.0 Å². The van der Waals surface area contributed by atoms with Crippen molar-refractivity contribution in [3.8, 4) is 0 Å². The second kappa shape index (κ2) is 21.0. The molecule has 2 aliphatic rings. The van der Waals surface area contributed by atoms with Crippen LogP contribution in [0.4, 0.5) is 5.69 Å². The summed E-state index contributed by atoms with van der Waals surface area (Å²) in [5.41, 5.74) is 3.94. The number of tetrazole rings is 1. The predicted octanol–water partition coefficient (Wildman–Crippen LogP) is 4.69. The average Bonchev–Trinajstić information content (AvgIpc) is 3.65. The smallest absolute Gasteiger partial charge is 0.303 e. The van der Waals surface area contributed by atoms with Crippen LogP contribution in [0.5, 0.6) is 0 Å². The molecule has 2 N–H and O–H groups in total. The molecule has 6 rings (SSSR count). The molecule has 3 heterocycles. The number of ether oxygens (including phenoxy) is 7. The number of nitrogens with zero attached hydrogens (tertiary/aromatic N) is 4. The number of carbonyl (C=O) groups is 4. The van der Waals surface area contributed by atoms with Gasteiger partial charge in [-0.2, -0.15) is 0 Å². The molecule has 61 heavy (non-hydrogen) atoms. The van der Waals surface area contributed by atoms with Crippen molar-refractivity contribution >= 4 is 58.5 Å². The molecular weight excluding hydrogens is 831 g/mol. The molecule has 2 aliphatic heterocycles. The van der Waals surface area contributed by atoms with Crippen LogP contribution in [0.2, 0.25) is 0 Å². The Morgan fingerprint density at radius 2 is 1.43 bits per heavy atom. The fourth-order valence-corrected chi connectivity index (χ4v) is 8.49. The average molecular weight is 878 g/mol. The van der Waals surface area contributed by atoms with Crippen molar-refractivity contribution in [2.24, 2.45) is 7.05 Å². The SMILES string of the molecule is CC(=O)OCC1OC(CC(=S)Nc2cccc(C3OC(CSc4nnnn4C)C(c4ccccc4)C(c4ccc(CO)cc4)O3)c2)C(OC(C)=O)C(OC(C)=O)C1OC(C)=O. The summed E-state index contributed by atoms with van der Waals surface area (Å²) in [6, 6.07) is 25.0. The van der Waals surface area contributed by atoms with Gasteiger partial charge < -0.3 is 43.6 Å². The van der Waals surface area contributed by atoms with Crippen molar-refractivity contribution < 1.29 is 57.4 Å². The lowest BCUT2D eigenvalue weighted by atomic mass is 9.84. The third-order valence-electron chi connectivity index (χ3n) is 9.84. The summed E-state index contributed by atoms with van der Waals surface area (Å²) in [7, 11) is 1.77. The third kappa shape index (κ3) is 12.0. The molecule has 0 amide bonds. The Bertz CT molecular complexity index is 2160. The number of nitrogens with one attached hydrogen (secondary N) is 1. The lowest BCUT2D eigenvalue weighted by Gasteiger charge is -2.44. The molecule has 0 aliphatic carbocycles. The molecule has 1 aromatic heterocycles. The maximum atomic E-state index is 12.4. The molecule has 0 radical (unpaired) electrons. The van der Waals surface area contributed by atoms with E-state index in [0.717, 1.165) is 30.5 Å². The van der Waals surface area contributed by atoms with Crippen molar-refractivity contribution in [2.75, 3.05) is 17.7 Å². The summed E-state index contributed by atoms with van der Waals surface area (Å²) in [6.45, 7) is 4.25. The topological polar surface area (TPSA) is 209 Å². The van der Waals surface area contributed by atoms with Gasteiger partial charge in [0.15, 0.2) is 24.6 Å². The molecule has 0 saturated carbocycles. The van der Waals surface area contributed by atoms with Crippen LogP contribution >= 0.6 is 24.0 Å². The first-order chi connectivity index (χ1) is 29.3. The quantitative estimate of drug-likeness (QED) is 0.0719. The number of aromatic nitrogens is 4. The van der Waals surface area contributed by atoms with Gasteiger partial charge in [0, 0.05) is 64.1 Å². The number of anilines is 1. The summed E-state index contributed by atoms with van der Waals surface area (Å²) in [5, 5.41) is 25.6. The molecule has 0 spiro atoms. The number of esters is 4. The Hall–Kier alpha value is -5.31. The molecule has 19 heteroatoms. The largest absolute Gasteiger partial charge is 0.463 e. The summed E-state index contributed by atoms with van der Waals surface area (Å²) in [5.74, 6) is -2.56. The van der Waals surface area contributed by atoms with Gasteiger partial charge in [0.1, 0.15) is 18.8 Å². The Balaban J connectivity index is 1.27. The number of aryl methyl sites for hydroxylation is 1. The van der Waals surface area contributed by atoms with Gasteiger partial charge in [0.25, 0.3) is 0 Å². The van der Waals surface area contributed by atoms with Crippen molar-refractivity contribution in [2.45, 2.75) is 101 Å². The molecule has 9 unspecified atom stereocenters. The van der Waals surface area contributed by atoms with Crippen LogP contribution < -0.4 is 5.32 Å². The number of thiocarbonyl (C=S) groups is 1. The number of thioether (sulfide) groups is 1. The highest BCUT2D eigenvalue weighted by Gasteiger charge is 2.52. The van der Waals surface area contributed by atoms with E-state index in [9.17, 15) is 24.3 Å². The summed E-state index contributed by atoms with van der Waals surface area (Å²) in [4.78, 5) is 48.9. The van der Waals surface area contributed by atoms with Gasteiger partial charge >= 0.3 is 23.9 Å². The first-order valence-electron chi connectivity index (χ1n) is 19.4. The summed E-state index contributed by atoms with van der Waals surface area (Å²) >= 11 is 7.28. The Kier molecular flexibility index (Phi) is 15.6. The van der Waals surface area contributed by atoms with Gasteiger partial charge in [-0.1, -0.05) is 90.7 Å². The third-order valence-corrected chi connectivity index (χ3v) is 11.2. The van der Waals surface area contributed by atoms with Crippen LogP contribution in [0, 0.1) is 0 Å². The van der Waals surface area contributed by atoms with Crippen molar-refractivity contribution in [1.29, 1.82) is 0 Å². The number of carbonyl (C=O) groups excluding carboxylic acids is 4. The molecule has 4 aromatic rings. The Labute approximate surface area is 361 Å². The minimum absolute atomic E-state index is 0.0596. The van der Waals surface area contributed by atoms with E-state index in [1.165, 1.54) is 25.6 Å². The minimum atomic E-state index is -1.32. The molecular formula is C42H47N5O12S2. The highest BCUT2D eigenvalue weighted by atomic mass is 32.2. The van der Waals surface area contributed by atoms with Crippen molar-refractivity contribution in [1.82, 2.24) is 20.2 Å².